The fraction of sp³-hybridized carbons (Fsp3) is 0.167. The molecule has 0 fully saturated rings. The van der Waals surface area contributed by atoms with Gasteiger partial charge >= 0.3 is 11.9 Å². The SMILES string of the molecule is COC(=O)C(N=C(c1ccccc1)c1ccccc1)OC(C)=O. The van der Waals surface area contributed by atoms with Gasteiger partial charge in [-0.15, -0.1) is 0 Å². The van der Waals surface area contributed by atoms with Crippen molar-refractivity contribution in [2.24, 2.45) is 4.99 Å². The number of rotatable bonds is 5. The largest absolute Gasteiger partial charge is 0.465 e. The number of aliphatic imine (C=N–C) groups is 1. The zero-order chi connectivity index (χ0) is 16.7. The molecular weight excluding hydrogens is 294 g/mol. The molecule has 0 spiro atoms. The van der Waals surface area contributed by atoms with Gasteiger partial charge in [-0.1, -0.05) is 60.7 Å². The lowest BCUT2D eigenvalue weighted by atomic mass is 10.0. The summed E-state index contributed by atoms with van der Waals surface area (Å²) in [7, 11) is 1.22. The van der Waals surface area contributed by atoms with E-state index in [4.69, 9.17) is 4.74 Å². The average Bonchev–Trinajstić information content (AvgIpc) is 2.59. The first-order chi connectivity index (χ1) is 11.1. The van der Waals surface area contributed by atoms with Gasteiger partial charge in [0.1, 0.15) is 0 Å². The van der Waals surface area contributed by atoms with Gasteiger partial charge in [0.2, 0.25) is 0 Å². The molecule has 0 aromatic heterocycles. The van der Waals surface area contributed by atoms with Crippen LogP contribution in [0.2, 0.25) is 0 Å². The lowest BCUT2D eigenvalue weighted by molar-refractivity contribution is -0.163. The van der Waals surface area contributed by atoms with E-state index in [9.17, 15) is 9.59 Å². The maximum absolute atomic E-state index is 11.8. The summed E-state index contributed by atoms with van der Waals surface area (Å²) in [5.74, 6) is -1.34. The molecule has 0 aliphatic rings. The normalized spacial score (nSPS) is 11.2. The third-order valence-corrected chi connectivity index (χ3v) is 3.02. The molecule has 118 valence electrons. The van der Waals surface area contributed by atoms with Gasteiger partial charge < -0.3 is 9.47 Å². The first-order valence-electron chi connectivity index (χ1n) is 7.05. The van der Waals surface area contributed by atoms with Gasteiger partial charge in [0, 0.05) is 18.1 Å². The summed E-state index contributed by atoms with van der Waals surface area (Å²) < 4.78 is 9.64. The predicted molar refractivity (Wildman–Crippen MR) is 86.1 cm³/mol. The molecule has 1 unspecified atom stereocenters. The molecule has 0 radical (unpaired) electrons. The van der Waals surface area contributed by atoms with E-state index in [1.54, 1.807) is 0 Å². The van der Waals surface area contributed by atoms with Crippen molar-refractivity contribution < 1.29 is 19.1 Å². The number of esters is 2. The Morgan fingerprint density at radius 1 is 0.913 bits per heavy atom. The molecule has 2 aromatic rings. The molecule has 0 saturated heterocycles. The van der Waals surface area contributed by atoms with Crippen molar-refractivity contribution in [3.05, 3.63) is 71.8 Å². The van der Waals surface area contributed by atoms with E-state index in [1.165, 1.54) is 14.0 Å². The Labute approximate surface area is 134 Å². The van der Waals surface area contributed by atoms with Crippen molar-refractivity contribution in [1.82, 2.24) is 0 Å². The van der Waals surface area contributed by atoms with Crippen LogP contribution in [-0.2, 0) is 19.1 Å². The minimum atomic E-state index is -1.34. The van der Waals surface area contributed by atoms with Gasteiger partial charge in [0.25, 0.3) is 6.23 Å². The second-order valence-electron chi connectivity index (χ2n) is 4.69. The Kier molecular flexibility index (Phi) is 5.63. The van der Waals surface area contributed by atoms with Gasteiger partial charge in [-0.3, -0.25) is 4.79 Å². The Hall–Kier alpha value is -2.95. The minimum absolute atomic E-state index is 0.544. The number of methoxy groups -OCH3 is 1. The number of carbonyl (C=O) groups is 2. The predicted octanol–water partition coefficient (Wildman–Crippen LogP) is 2.59. The smallest absolute Gasteiger partial charge is 0.370 e. The van der Waals surface area contributed by atoms with Crippen molar-refractivity contribution in [3.63, 3.8) is 0 Å². The highest BCUT2D eigenvalue weighted by atomic mass is 16.6. The molecule has 2 rings (SSSR count). The molecule has 0 aliphatic heterocycles. The summed E-state index contributed by atoms with van der Waals surface area (Å²) >= 11 is 0. The van der Waals surface area contributed by atoms with E-state index >= 15 is 0 Å². The van der Waals surface area contributed by atoms with Crippen LogP contribution in [0.3, 0.4) is 0 Å². The second-order valence-corrected chi connectivity index (χ2v) is 4.69. The van der Waals surface area contributed by atoms with E-state index in [2.05, 4.69) is 9.73 Å². The molecule has 0 N–H and O–H groups in total. The number of ether oxygens (including phenoxy) is 2. The van der Waals surface area contributed by atoms with Crippen molar-refractivity contribution in [3.8, 4) is 0 Å². The van der Waals surface area contributed by atoms with E-state index in [0.717, 1.165) is 11.1 Å². The van der Waals surface area contributed by atoms with Crippen LogP contribution < -0.4 is 0 Å². The maximum atomic E-state index is 11.8. The van der Waals surface area contributed by atoms with E-state index < -0.39 is 18.2 Å². The third kappa shape index (κ3) is 4.51. The first-order valence-corrected chi connectivity index (χ1v) is 7.05. The summed E-state index contributed by atoms with van der Waals surface area (Å²) in [6.07, 6.45) is -1.34. The van der Waals surface area contributed by atoms with Gasteiger partial charge in [-0.05, 0) is 0 Å². The fourth-order valence-corrected chi connectivity index (χ4v) is 2.01. The molecule has 23 heavy (non-hydrogen) atoms. The van der Waals surface area contributed by atoms with E-state index in [-0.39, 0.29) is 0 Å². The van der Waals surface area contributed by atoms with Crippen LogP contribution in [0, 0.1) is 0 Å². The third-order valence-electron chi connectivity index (χ3n) is 3.02. The Bertz CT molecular complexity index is 654. The summed E-state index contributed by atoms with van der Waals surface area (Å²) in [6, 6.07) is 18.7. The van der Waals surface area contributed by atoms with Crippen LogP contribution >= 0.6 is 0 Å². The molecule has 0 bridgehead atoms. The highest BCUT2D eigenvalue weighted by molar-refractivity contribution is 6.13. The molecule has 2 aromatic carbocycles. The topological polar surface area (TPSA) is 65.0 Å². The van der Waals surface area contributed by atoms with Crippen molar-refractivity contribution in [1.29, 1.82) is 0 Å². The summed E-state index contributed by atoms with van der Waals surface area (Å²) in [4.78, 5) is 27.4. The molecule has 5 nitrogen and oxygen atoms in total. The van der Waals surface area contributed by atoms with Crippen LogP contribution in [0.15, 0.2) is 65.7 Å². The zero-order valence-electron chi connectivity index (χ0n) is 12.9. The minimum Gasteiger partial charge on any atom is -0.465 e. The van der Waals surface area contributed by atoms with Crippen molar-refractivity contribution >= 4 is 17.7 Å². The lowest BCUT2D eigenvalue weighted by Crippen LogP contribution is -2.27. The summed E-state index contributed by atoms with van der Waals surface area (Å²) in [5.41, 5.74) is 2.15. The monoisotopic (exact) mass is 311 g/mol. The Morgan fingerprint density at radius 3 is 1.78 bits per heavy atom. The molecular formula is C18H17NO4. The highest BCUT2D eigenvalue weighted by Gasteiger charge is 2.23. The number of hydrogen-bond acceptors (Lipinski definition) is 5. The first kappa shape index (κ1) is 16.4. The fourth-order valence-electron chi connectivity index (χ4n) is 2.01. The van der Waals surface area contributed by atoms with Crippen LogP contribution in [-0.4, -0.2) is 31.0 Å². The van der Waals surface area contributed by atoms with E-state index in [1.807, 2.05) is 60.7 Å². The van der Waals surface area contributed by atoms with Gasteiger partial charge in [-0.2, -0.15) is 0 Å². The molecule has 5 heteroatoms. The Balaban J connectivity index is 2.51. The van der Waals surface area contributed by atoms with Gasteiger partial charge in [0.05, 0.1) is 12.8 Å². The molecule has 0 heterocycles. The molecule has 1 atom stereocenters. The molecule has 0 amide bonds. The number of carbonyl (C=O) groups excluding carboxylic acids is 2. The van der Waals surface area contributed by atoms with Crippen molar-refractivity contribution in [2.45, 2.75) is 13.2 Å². The molecule has 0 aliphatic carbocycles. The number of nitrogens with zero attached hydrogens (tertiary/aromatic N) is 1. The summed E-state index contributed by atoms with van der Waals surface area (Å²) in [5, 5.41) is 0. The average molecular weight is 311 g/mol. The van der Waals surface area contributed by atoms with Crippen LogP contribution in [0.5, 0.6) is 0 Å². The zero-order valence-corrected chi connectivity index (χ0v) is 12.9. The quantitative estimate of drug-likeness (QED) is 0.629. The molecule has 0 saturated carbocycles. The van der Waals surface area contributed by atoms with E-state index in [0.29, 0.717) is 5.71 Å². The van der Waals surface area contributed by atoms with Crippen LogP contribution in [0.4, 0.5) is 0 Å². The lowest BCUT2D eigenvalue weighted by Gasteiger charge is -2.14. The highest BCUT2D eigenvalue weighted by Crippen LogP contribution is 2.13. The summed E-state index contributed by atoms with van der Waals surface area (Å²) in [6.45, 7) is 1.22. The van der Waals surface area contributed by atoms with Gasteiger partial charge in [0.15, 0.2) is 0 Å². The van der Waals surface area contributed by atoms with Crippen molar-refractivity contribution in [2.75, 3.05) is 7.11 Å². The number of hydrogen-bond donors (Lipinski definition) is 0. The Morgan fingerprint density at radius 2 is 1.39 bits per heavy atom. The van der Waals surface area contributed by atoms with Gasteiger partial charge in [-0.25, -0.2) is 9.79 Å². The second kappa shape index (κ2) is 7.89. The number of benzene rings is 2. The van der Waals surface area contributed by atoms with Crippen LogP contribution in [0.1, 0.15) is 18.1 Å². The standard InChI is InChI=1S/C18H17NO4/c1-13(20)23-17(18(21)22-2)19-16(14-9-5-3-6-10-14)15-11-7-4-8-12-15/h3-12,17H,1-2H3. The van der Waals surface area contributed by atoms with Crippen LogP contribution in [0.25, 0.3) is 0 Å². The maximum Gasteiger partial charge on any atom is 0.370 e.